The smallest absolute Gasteiger partial charge is 0.0674 e. The number of benzene rings is 2. The Balaban J connectivity index is 2.25. The molecule has 0 spiro atoms. The fourth-order valence-corrected chi connectivity index (χ4v) is 3.29. The van der Waals surface area contributed by atoms with Crippen LogP contribution >= 0.6 is 46.8 Å². The SMILES string of the molecule is NCCCN(Sc1ccc(Cl)cc1)c1cc(Cl)ccc1Cl. The highest BCUT2D eigenvalue weighted by Gasteiger charge is 2.13. The lowest BCUT2D eigenvalue weighted by atomic mass is 10.3. The number of hydrogen-bond donors (Lipinski definition) is 1. The van der Waals surface area contributed by atoms with E-state index in [1.54, 1.807) is 24.1 Å². The third kappa shape index (κ3) is 4.97. The van der Waals surface area contributed by atoms with Crippen LogP contribution in [0.2, 0.25) is 15.1 Å². The fraction of sp³-hybridized carbons (Fsp3) is 0.200. The molecule has 0 bridgehead atoms. The summed E-state index contributed by atoms with van der Waals surface area (Å²) in [6.07, 6.45) is 0.865. The van der Waals surface area contributed by atoms with Crippen LogP contribution in [0.15, 0.2) is 47.4 Å². The first kappa shape index (κ1) is 16.8. The molecule has 0 aromatic heterocycles. The summed E-state index contributed by atoms with van der Waals surface area (Å²) in [5.74, 6) is 0. The zero-order valence-corrected chi connectivity index (χ0v) is 14.3. The van der Waals surface area contributed by atoms with Gasteiger partial charge in [-0.3, -0.25) is 0 Å². The van der Waals surface area contributed by atoms with Gasteiger partial charge in [0.1, 0.15) is 0 Å². The van der Waals surface area contributed by atoms with Crippen molar-refractivity contribution >= 4 is 52.4 Å². The van der Waals surface area contributed by atoms with Crippen LogP contribution in [0.4, 0.5) is 5.69 Å². The fourth-order valence-electron chi connectivity index (χ4n) is 1.75. The van der Waals surface area contributed by atoms with Crippen molar-refractivity contribution in [1.82, 2.24) is 0 Å². The molecule has 0 fully saturated rings. The Kier molecular flexibility index (Phi) is 6.52. The summed E-state index contributed by atoms with van der Waals surface area (Å²) in [6.45, 7) is 1.40. The molecular weight excluding hydrogens is 347 g/mol. The Morgan fingerprint density at radius 3 is 2.29 bits per heavy atom. The predicted octanol–water partition coefficient (Wildman–Crippen LogP) is 5.51. The minimum atomic E-state index is 0.621. The van der Waals surface area contributed by atoms with E-state index in [-0.39, 0.29) is 0 Å². The molecule has 0 aliphatic rings. The summed E-state index contributed by atoms with van der Waals surface area (Å²) in [4.78, 5) is 1.08. The number of hydrogen-bond acceptors (Lipinski definition) is 3. The van der Waals surface area contributed by atoms with Crippen molar-refractivity contribution in [2.45, 2.75) is 11.3 Å². The van der Waals surface area contributed by atoms with E-state index in [2.05, 4.69) is 4.31 Å². The van der Waals surface area contributed by atoms with Crippen molar-refractivity contribution in [3.63, 3.8) is 0 Å². The average molecular weight is 362 g/mol. The molecule has 2 rings (SSSR count). The van der Waals surface area contributed by atoms with Crippen molar-refractivity contribution in [2.75, 3.05) is 17.4 Å². The molecule has 0 saturated heterocycles. The van der Waals surface area contributed by atoms with Crippen LogP contribution in [0.1, 0.15) is 6.42 Å². The number of halogens is 3. The van der Waals surface area contributed by atoms with E-state index in [1.165, 1.54) is 0 Å². The Hall–Kier alpha value is -0.580. The Morgan fingerprint density at radius 1 is 0.952 bits per heavy atom. The van der Waals surface area contributed by atoms with Gasteiger partial charge < -0.3 is 10.0 Å². The van der Waals surface area contributed by atoms with Gasteiger partial charge in [0.2, 0.25) is 0 Å². The molecule has 6 heteroatoms. The standard InChI is InChI=1S/C15H15Cl3N2S/c16-11-2-5-13(6-3-11)21-20(9-1-8-19)15-10-12(17)4-7-14(15)18/h2-7,10H,1,8-9,19H2. The highest BCUT2D eigenvalue weighted by atomic mass is 35.5. The molecule has 0 amide bonds. The summed E-state index contributed by atoms with van der Waals surface area (Å²) in [5, 5.41) is 2.04. The third-order valence-electron chi connectivity index (χ3n) is 2.77. The molecule has 2 aromatic rings. The zero-order valence-electron chi connectivity index (χ0n) is 11.2. The second-order valence-electron chi connectivity index (χ2n) is 4.39. The lowest BCUT2D eigenvalue weighted by Gasteiger charge is -2.24. The Morgan fingerprint density at radius 2 is 1.62 bits per heavy atom. The van der Waals surface area contributed by atoms with Crippen LogP contribution in [-0.4, -0.2) is 13.1 Å². The molecule has 0 heterocycles. The zero-order chi connectivity index (χ0) is 15.2. The van der Waals surface area contributed by atoms with E-state index in [9.17, 15) is 0 Å². The highest BCUT2D eigenvalue weighted by Crippen LogP contribution is 2.36. The largest absolute Gasteiger partial charge is 0.330 e. The molecular formula is C15H15Cl3N2S. The maximum absolute atomic E-state index is 6.30. The molecule has 0 aliphatic carbocycles. The van der Waals surface area contributed by atoms with Gasteiger partial charge in [0.15, 0.2) is 0 Å². The highest BCUT2D eigenvalue weighted by molar-refractivity contribution is 8.00. The molecule has 0 atom stereocenters. The van der Waals surface area contributed by atoms with Crippen molar-refractivity contribution in [1.29, 1.82) is 0 Å². The molecule has 2 N–H and O–H groups in total. The molecule has 112 valence electrons. The van der Waals surface area contributed by atoms with Crippen LogP contribution in [0, 0.1) is 0 Å². The van der Waals surface area contributed by atoms with Gasteiger partial charge in [-0.2, -0.15) is 0 Å². The monoisotopic (exact) mass is 360 g/mol. The molecule has 0 aliphatic heterocycles. The summed E-state index contributed by atoms with van der Waals surface area (Å²) in [7, 11) is 0. The lowest BCUT2D eigenvalue weighted by molar-refractivity contribution is 0.845. The quantitative estimate of drug-likeness (QED) is 0.688. The van der Waals surface area contributed by atoms with Crippen LogP contribution < -0.4 is 10.0 Å². The normalized spacial score (nSPS) is 10.7. The van der Waals surface area contributed by atoms with Crippen LogP contribution in [0.5, 0.6) is 0 Å². The van der Waals surface area contributed by atoms with Gasteiger partial charge in [0, 0.05) is 21.5 Å². The van der Waals surface area contributed by atoms with Crippen LogP contribution in [0.3, 0.4) is 0 Å². The minimum absolute atomic E-state index is 0.621. The maximum Gasteiger partial charge on any atom is 0.0674 e. The van der Waals surface area contributed by atoms with Gasteiger partial charge >= 0.3 is 0 Å². The summed E-state index contributed by atoms with van der Waals surface area (Å²) in [5.41, 5.74) is 6.51. The van der Waals surface area contributed by atoms with Crippen LogP contribution in [0.25, 0.3) is 0 Å². The van der Waals surface area contributed by atoms with E-state index in [0.29, 0.717) is 21.6 Å². The molecule has 0 unspecified atom stereocenters. The number of nitrogens with zero attached hydrogens (tertiary/aromatic N) is 1. The molecule has 2 nitrogen and oxygen atoms in total. The number of nitrogens with two attached hydrogens (primary N) is 1. The number of rotatable bonds is 6. The van der Waals surface area contributed by atoms with E-state index in [1.807, 2.05) is 30.3 Å². The van der Waals surface area contributed by atoms with Gasteiger partial charge in [-0.25, -0.2) is 0 Å². The van der Waals surface area contributed by atoms with E-state index >= 15 is 0 Å². The minimum Gasteiger partial charge on any atom is -0.330 e. The van der Waals surface area contributed by atoms with Gasteiger partial charge in [-0.15, -0.1) is 0 Å². The van der Waals surface area contributed by atoms with Crippen molar-refractivity contribution in [3.05, 3.63) is 57.5 Å². The van der Waals surface area contributed by atoms with Crippen molar-refractivity contribution < 1.29 is 0 Å². The first-order valence-corrected chi connectivity index (χ1v) is 8.37. The second kappa shape index (κ2) is 8.16. The molecule has 0 radical (unpaired) electrons. The Labute approximate surface area is 144 Å². The van der Waals surface area contributed by atoms with E-state index in [0.717, 1.165) is 23.5 Å². The first-order chi connectivity index (χ1) is 10.1. The van der Waals surface area contributed by atoms with Gasteiger partial charge in [-0.05, 0) is 67.4 Å². The summed E-state index contributed by atoms with van der Waals surface area (Å²) < 4.78 is 2.10. The summed E-state index contributed by atoms with van der Waals surface area (Å²) >= 11 is 19.9. The maximum atomic E-state index is 6.30. The van der Waals surface area contributed by atoms with Gasteiger partial charge in [0.05, 0.1) is 10.7 Å². The van der Waals surface area contributed by atoms with Gasteiger partial charge in [-0.1, -0.05) is 34.8 Å². The molecule has 21 heavy (non-hydrogen) atoms. The number of anilines is 1. The Bertz CT molecular complexity index is 590. The molecule has 2 aromatic carbocycles. The summed E-state index contributed by atoms with van der Waals surface area (Å²) in [6, 6.07) is 13.1. The van der Waals surface area contributed by atoms with E-state index < -0.39 is 0 Å². The van der Waals surface area contributed by atoms with Gasteiger partial charge in [0.25, 0.3) is 0 Å². The second-order valence-corrected chi connectivity index (χ2v) is 6.76. The lowest BCUT2D eigenvalue weighted by Crippen LogP contribution is -2.19. The third-order valence-corrected chi connectivity index (χ3v) is 4.66. The topological polar surface area (TPSA) is 29.3 Å². The van der Waals surface area contributed by atoms with E-state index in [4.69, 9.17) is 40.5 Å². The first-order valence-electron chi connectivity index (χ1n) is 6.46. The average Bonchev–Trinajstić information content (AvgIpc) is 2.48. The van der Waals surface area contributed by atoms with Crippen molar-refractivity contribution in [3.8, 4) is 0 Å². The molecule has 0 saturated carbocycles. The van der Waals surface area contributed by atoms with Crippen molar-refractivity contribution in [2.24, 2.45) is 5.73 Å². The predicted molar refractivity (Wildman–Crippen MR) is 94.8 cm³/mol. The van der Waals surface area contributed by atoms with Crippen LogP contribution in [-0.2, 0) is 0 Å².